The van der Waals surface area contributed by atoms with E-state index in [1.807, 2.05) is 0 Å². The average Bonchev–Trinajstić information content (AvgIpc) is 2.38. The molecule has 7 heteroatoms. The molecule has 15 heavy (non-hydrogen) atoms. The molecule has 0 saturated carbocycles. The maximum absolute atomic E-state index is 10.5. The first-order valence-corrected chi connectivity index (χ1v) is 4.58. The number of rotatable bonds is 4. The summed E-state index contributed by atoms with van der Waals surface area (Å²) < 4.78 is 0. The molecule has 1 aliphatic heterocycles. The van der Waals surface area contributed by atoms with Crippen LogP contribution in [0.2, 0.25) is 0 Å². The minimum absolute atomic E-state index is 0.440. The lowest BCUT2D eigenvalue weighted by atomic mass is 10.1. The molecular formula is C8H15NO6. The van der Waals surface area contributed by atoms with E-state index in [1.165, 1.54) is 4.90 Å². The maximum atomic E-state index is 10.5. The summed E-state index contributed by atoms with van der Waals surface area (Å²) in [5, 5.41) is 45.5. The number of carboxylic acid groups (broad SMARTS) is 1. The molecule has 0 unspecified atom stereocenters. The molecule has 0 spiro atoms. The quantitative estimate of drug-likeness (QED) is 0.339. The highest BCUT2D eigenvalue weighted by Gasteiger charge is 2.47. The molecule has 1 aliphatic rings. The van der Waals surface area contributed by atoms with Gasteiger partial charge in [-0.1, -0.05) is 0 Å². The van der Waals surface area contributed by atoms with E-state index in [1.54, 1.807) is 0 Å². The van der Waals surface area contributed by atoms with Gasteiger partial charge in [0.15, 0.2) is 0 Å². The second-order valence-corrected chi connectivity index (χ2v) is 3.55. The van der Waals surface area contributed by atoms with Crippen LogP contribution in [-0.2, 0) is 4.79 Å². The summed E-state index contributed by atoms with van der Waals surface area (Å²) in [5.74, 6) is -1.15. The Morgan fingerprint density at radius 1 is 1.07 bits per heavy atom. The van der Waals surface area contributed by atoms with E-state index in [9.17, 15) is 15.0 Å². The summed E-state index contributed by atoms with van der Waals surface area (Å²) >= 11 is 0. The van der Waals surface area contributed by atoms with Gasteiger partial charge < -0.3 is 25.5 Å². The Morgan fingerprint density at radius 2 is 1.47 bits per heavy atom. The molecule has 0 aromatic carbocycles. The molecule has 0 bridgehead atoms. The minimum Gasteiger partial charge on any atom is -0.480 e. The fourth-order valence-electron chi connectivity index (χ4n) is 1.91. The van der Waals surface area contributed by atoms with Crippen LogP contribution in [0.15, 0.2) is 0 Å². The SMILES string of the molecule is O=C(O)CN1[C@@H](CO)[C@H](O)[C@@H](O)[C@@H]1CO. The van der Waals surface area contributed by atoms with Crippen molar-refractivity contribution in [1.29, 1.82) is 0 Å². The van der Waals surface area contributed by atoms with Crippen LogP contribution in [0.3, 0.4) is 0 Å². The van der Waals surface area contributed by atoms with Gasteiger partial charge in [-0.05, 0) is 0 Å². The van der Waals surface area contributed by atoms with Crippen molar-refractivity contribution in [1.82, 2.24) is 4.90 Å². The summed E-state index contributed by atoms with van der Waals surface area (Å²) in [5.41, 5.74) is 0. The molecule has 0 aromatic heterocycles. The Balaban J connectivity index is 2.82. The van der Waals surface area contributed by atoms with Crippen molar-refractivity contribution in [2.45, 2.75) is 24.3 Å². The fraction of sp³-hybridized carbons (Fsp3) is 0.875. The van der Waals surface area contributed by atoms with Crippen molar-refractivity contribution >= 4 is 5.97 Å². The van der Waals surface area contributed by atoms with Crippen LogP contribution in [0.25, 0.3) is 0 Å². The van der Waals surface area contributed by atoms with Crippen molar-refractivity contribution in [3.05, 3.63) is 0 Å². The largest absolute Gasteiger partial charge is 0.480 e. The van der Waals surface area contributed by atoms with E-state index in [0.29, 0.717) is 0 Å². The molecule has 0 aliphatic carbocycles. The number of aliphatic hydroxyl groups is 4. The van der Waals surface area contributed by atoms with E-state index in [4.69, 9.17) is 15.3 Å². The fourth-order valence-corrected chi connectivity index (χ4v) is 1.91. The molecule has 88 valence electrons. The summed E-state index contributed by atoms with van der Waals surface area (Å²) in [6, 6.07) is -1.71. The lowest BCUT2D eigenvalue weighted by molar-refractivity contribution is -0.139. The van der Waals surface area contributed by atoms with Crippen molar-refractivity contribution in [3.8, 4) is 0 Å². The highest BCUT2D eigenvalue weighted by atomic mass is 16.4. The van der Waals surface area contributed by atoms with Crippen LogP contribution in [0.1, 0.15) is 0 Å². The van der Waals surface area contributed by atoms with Crippen LogP contribution >= 0.6 is 0 Å². The zero-order valence-electron chi connectivity index (χ0n) is 8.02. The molecule has 7 nitrogen and oxygen atoms in total. The highest BCUT2D eigenvalue weighted by molar-refractivity contribution is 5.69. The van der Waals surface area contributed by atoms with Gasteiger partial charge >= 0.3 is 5.97 Å². The normalized spacial score (nSPS) is 37.1. The second kappa shape index (κ2) is 4.86. The van der Waals surface area contributed by atoms with Gasteiger partial charge in [-0.3, -0.25) is 9.69 Å². The molecule has 1 rings (SSSR count). The zero-order chi connectivity index (χ0) is 11.6. The molecule has 1 saturated heterocycles. The van der Waals surface area contributed by atoms with Crippen LogP contribution < -0.4 is 0 Å². The number of aliphatic carboxylic acids is 1. The van der Waals surface area contributed by atoms with Gasteiger partial charge in [-0.25, -0.2) is 0 Å². The van der Waals surface area contributed by atoms with Crippen molar-refractivity contribution < 1.29 is 30.3 Å². The summed E-state index contributed by atoms with van der Waals surface area (Å²) in [6.07, 6.45) is -2.49. The standard InChI is InChI=1S/C8H15NO6/c10-2-4-7(14)8(15)5(3-11)9(4)1-6(12)13/h4-5,7-8,10-11,14-15H,1-3H2,(H,12,13)/t4-,5-,7-,8-/m0/s1. The lowest BCUT2D eigenvalue weighted by Gasteiger charge is -2.26. The number of hydrogen-bond acceptors (Lipinski definition) is 6. The van der Waals surface area contributed by atoms with Crippen molar-refractivity contribution in [2.75, 3.05) is 19.8 Å². The number of nitrogens with zero attached hydrogens (tertiary/aromatic N) is 1. The number of aliphatic hydroxyl groups excluding tert-OH is 4. The molecule has 0 radical (unpaired) electrons. The predicted molar refractivity (Wildman–Crippen MR) is 48.1 cm³/mol. The Bertz CT molecular complexity index is 219. The topological polar surface area (TPSA) is 121 Å². The van der Waals surface area contributed by atoms with E-state index >= 15 is 0 Å². The van der Waals surface area contributed by atoms with Crippen LogP contribution in [-0.4, -0.2) is 80.5 Å². The van der Waals surface area contributed by atoms with Gasteiger partial charge in [0.25, 0.3) is 0 Å². The molecule has 4 atom stereocenters. The first-order valence-electron chi connectivity index (χ1n) is 4.58. The van der Waals surface area contributed by atoms with Gasteiger partial charge in [0.2, 0.25) is 0 Å². The third kappa shape index (κ3) is 2.27. The number of carboxylic acids is 1. The van der Waals surface area contributed by atoms with Gasteiger partial charge in [0.05, 0.1) is 44.1 Å². The third-order valence-corrected chi connectivity index (χ3v) is 2.68. The number of hydrogen-bond donors (Lipinski definition) is 5. The Labute approximate surface area is 86.2 Å². The van der Waals surface area contributed by atoms with Crippen molar-refractivity contribution in [2.24, 2.45) is 0 Å². The maximum Gasteiger partial charge on any atom is 0.317 e. The van der Waals surface area contributed by atoms with Crippen LogP contribution in [0.4, 0.5) is 0 Å². The zero-order valence-corrected chi connectivity index (χ0v) is 8.02. The predicted octanol–water partition coefficient (Wildman–Crippen LogP) is -3.17. The van der Waals surface area contributed by atoms with Gasteiger partial charge in [0, 0.05) is 0 Å². The molecule has 1 heterocycles. The lowest BCUT2D eigenvalue weighted by Crippen LogP contribution is -2.45. The van der Waals surface area contributed by atoms with E-state index < -0.39 is 50.0 Å². The first-order chi connectivity index (χ1) is 7.02. The van der Waals surface area contributed by atoms with Gasteiger partial charge in [-0.2, -0.15) is 0 Å². The van der Waals surface area contributed by atoms with Crippen LogP contribution in [0.5, 0.6) is 0 Å². The van der Waals surface area contributed by atoms with E-state index in [2.05, 4.69) is 0 Å². The van der Waals surface area contributed by atoms with Crippen LogP contribution in [0, 0.1) is 0 Å². The minimum atomic E-state index is -1.24. The molecular weight excluding hydrogens is 206 g/mol. The smallest absolute Gasteiger partial charge is 0.317 e. The third-order valence-electron chi connectivity index (χ3n) is 2.68. The molecule has 0 aromatic rings. The Hall–Kier alpha value is -0.730. The molecule has 1 fully saturated rings. The highest BCUT2D eigenvalue weighted by Crippen LogP contribution is 2.24. The van der Waals surface area contributed by atoms with Gasteiger partial charge in [-0.15, -0.1) is 0 Å². The Morgan fingerprint density at radius 3 is 1.73 bits per heavy atom. The summed E-state index contributed by atoms with van der Waals surface area (Å²) in [6.45, 7) is -1.38. The summed E-state index contributed by atoms with van der Waals surface area (Å²) in [4.78, 5) is 11.7. The number of likely N-dealkylation sites (tertiary alicyclic amines) is 1. The molecule has 5 N–H and O–H groups in total. The average molecular weight is 221 g/mol. The summed E-state index contributed by atoms with van der Waals surface area (Å²) in [7, 11) is 0. The number of carbonyl (C=O) groups is 1. The van der Waals surface area contributed by atoms with E-state index in [0.717, 1.165) is 0 Å². The monoisotopic (exact) mass is 221 g/mol. The first kappa shape index (κ1) is 12.3. The Kier molecular flexibility index (Phi) is 4.00. The second-order valence-electron chi connectivity index (χ2n) is 3.55. The van der Waals surface area contributed by atoms with E-state index in [-0.39, 0.29) is 0 Å². The van der Waals surface area contributed by atoms with Crippen molar-refractivity contribution in [3.63, 3.8) is 0 Å². The van der Waals surface area contributed by atoms with Gasteiger partial charge in [0.1, 0.15) is 0 Å². The molecule has 0 amide bonds.